The zero-order valence-electron chi connectivity index (χ0n) is 11.5. The number of aromatic nitrogens is 3. The second-order valence-electron chi connectivity index (χ2n) is 4.51. The molecule has 0 spiro atoms. The highest BCUT2D eigenvalue weighted by molar-refractivity contribution is 7.07. The molecule has 0 amide bonds. The first-order chi connectivity index (χ1) is 9.19. The zero-order chi connectivity index (χ0) is 13.7. The third kappa shape index (κ3) is 3.89. The van der Waals surface area contributed by atoms with Gasteiger partial charge in [0.2, 0.25) is 0 Å². The van der Waals surface area contributed by atoms with Gasteiger partial charge in [0.25, 0.3) is 0 Å². The van der Waals surface area contributed by atoms with Gasteiger partial charge in [-0.3, -0.25) is 0 Å². The third-order valence-electron chi connectivity index (χ3n) is 2.55. The van der Waals surface area contributed by atoms with Crippen molar-refractivity contribution in [3.63, 3.8) is 0 Å². The second kappa shape index (κ2) is 6.47. The Morgan fingerprint density at radius 3 is 2.53 bits per heavy atom. The zero-order valence-corrected chi connectivity index (χ0v) is 12.3. The van der Waals surface area contributed by atoms with Gasteiger partial charge in [-0.05, 0) is 6.92 Å². The van der Waals surface area contributed by atoms with E-state index >= 15 is 0 Å². The molecule has 2 N–H and O–H groups in total. The van der Waals surface area contributed by atoms with Crippen molar-refractivity contribution in [1.29, 1.82) is 0 Å². The van der Waals surface area contributed by atoms with E-state index in [9.17, 15) is 0 Å². The molecule has 0 saturated heterocycles. The Balaban J connectivity index is 2.13. The smallest absolute Gasteiger partial charge is 0.135 e. The summed E-state index contributed by atoms with van der Waals surface area (Å²) in [6.07, 6.45) is 0. The van der Waals surface area contributed by atoms with Crippen LogP contribution < -0.4 is 10.6 Å². The molecule has 0 fully saturated rings. The van der Waals surface area contributed by atoms with Crippen LogP contribution in [0.2, 0.25) is 0 Å². The van der Waals surface area contributed by atoms with Gasteiger partial charge in [-0.15, -0.1) is 11.3 Å². The summed E-state index contributed by atoms with van der Waals surface area (Å²) in [5.41, 5.74) is 2.86. The summed E-state index contributed by atoms with van der Waals surface area (Å²) in [4.78, 5) is 13.3. The van der Waals surface area contributed by atoms with E-state index in [0.29, 0.717) is 12.5 Å². The maximum Gasteiger partial charge on any atom is 0.135 e. The first-order valence-electron chi connectivity index (χ1n) is 6.42. The predicted molar refractivity (Wildman–Crippen MR) is 79.7 cm³/mol. The number of hydrogen-bond acceptors (Lipinski definition) is 6. The van der Waals surface area contributed by atoms with E-state index in [4.69, 9.17) is 0 Å². The van der Waals surface area contributed by atoms with Gasteiger partial charge in [-0.2, -0.15) is 0 Å². The van der Waals surface area contributed by atoms with E-state index in [1.807, 2.05) is 17.0 Å². The van der Waals surface area contributed by atoms with Gasteiger partial charge in [0.15, 0.2) is 0 Å². The van der Waals surface area contributed by atoms with Crippen LogP contribution in [0.4, 0.5) is 11.6 Å². The van der Waals surface area contributed by atoms with E-state index in [-0.39, 0.29) is 0 Å². The second-order valence-corrected chi connectivity index (χ2v) is 5.23. The molecule has 0 radical (unpaired) electrons. The van der Waals surface area contributed by atoms with Crippen molar-refractivity contribution in [1.82, 2.24) is 15.0 Å². The van der Waals surface area contributed by atoms with Crippen LogP contribution in [0.1, 0.15) is 38.2 Å². The lowest BCUT2D eigenvalue weighted by Crippen LogP contribution is -2.09. The minimum absolute atomic E-state index is 0.304. The normalized spacial score (nSPS) is 10.7. The minimum atomic E-state index is 0.304. The lowest BCUT2D eigenvalue weighted by atomic mass is 10.2. The molecule has 2 heterocycles. The fraction of sp³-hybridized carbons (Fsp3) is 0.462. The lowest BCUT2D eigenvalue weighted by Gasteiger charge is -2.11. The molecule has 0 aromatic carbocycles. The Labute approximate surface area is 117 Å². The standard InChI is InChI=1S/C13H19N5S/c1-4-14-11-5-12(18-13(17-11)9(2)3)15-6-10-7-19-8-16-10/h5,7-9H,4,6H2,1-3H3,(H2,14,15,17,18). The molecule has 19 heavy (non-hydrogen) atoms. The van der Waals surface area contributed by atoms with Crippen molar-refractivity contribution in [3.8, 4) is 0 Å². The van der Waals surface area contributed by atoms with Crippen LogP contribution in [0, 0.1) is 0 Å². The van der Waals surface area contributed by atoms with Crippen LogP contribution in [-0.2, 0) is 6.54 Å². The summed E-state index contributed by atoms with van der Waals surface area (Å²) in [5.74, 6) is 2.85. The molecule has 0 aliphatic rings. The van der Waals surface area contributed by atoms with Crippen molar-refractivity contribution in [2.24, 2.45) is 0 Å². The van der Waals surface area contributed by atoms with Crippen LogP contribution in [0.5, 0.6) is 0 Å². The highest BCUT2D eigenvalue weighted by Crippen LogP contribution is 2.17. The highest BCUT2D eigenvalue weighted by Gasteiger charge is 2.08. The predicted octanol–water partition coefficient (Wildman–Crippen LogP) is 3.10. The van der Waals surface area contributed by atoms with Crippen molar-refractivity contribution in [2.45, 2.75) is 33.2 Å². The van der Waals surface area contributed by atoms with E-state index in [0.717, 1.165) is 29.7 Å². The van der Waals surface area contributed by atoms with Crippen molar-refractivity contribution in [2.75, 3.05) is 17.2 Å². The van der Waals surface area contributed by atoms with Crippen molar-refractivity contribution in [3.05, 3.63) is 28.5 Å². The average Bonchev–Trinajstić information content (AvgIpc) is 2.89. The molecular weight excluding hydrogens is 258 g/mol. The number of hydrogen-bond donors (Lipinski definition) is 2. The Morgan fingerprint density at radius 2 is 1.95 bits per heavy atom. The van der Waals surface area contributed by atoms with E-state index in [2.05, 4.69) is 46.4 Å². The fourth-order valence-corrected chi connectivity index (χ4v) is 2.15. The van der Waals surface area contributed by atoms with Crippen LogP contribution in [-0.4, -0.2) is 21.5 Å². The van der Waals surface area contributed by atoms with Gasteiger partial charge in [0.1, 0.15) is 17.5 Å². The molecule has 0 aliphatic carbocycles. The van der Waals surface area contributed by atoms with Gasteiger partial charge in [0.05, 0.1) is 17.7 Å². The number of nitrogens with one attached hydrogen (secondary N) is 2. The molecule has 2 aromatic rings. The number of rotatable bonds is 6. The van der Waals surface area contributed by atoms with Crippen LogP contribution in [0.3, 0.4) is 0 Å². The highest BCUT2D eigenvalue weighted by atomic mass is 32.1. The maximum atomic E-state index is 4.53. The topological polar surface area (TPSA) is 62.7 Å². The molecule has 0 atom stereocenters. The van der Waals surface area contributed by atoms with Gasteiger partial charge in [-0.1, -0.05) is 13.8 Å². The van der Waals surface area contributed by atoms with Gasteiger partial charge >= 0.3 is 0 Å². The molecular formula is C13H19N5S. The fourth-order valence-electron chi connectivity index (χ4n) is 1.59. The Morgan fingerprint density at radius 1 is 1.21 bits per heavy atom. The quantitative estimate of drug-likeness (QED) is 0.849. The first kappa shape index (κ1) is 13.7. The molecule has 102 valence electrons. The summed E-state index contributed by atoms with van der Waals surface area (Å²) in [6, 6.07) is 1.93. The minimum Gasteiger partial charge on any atom is -0.370 e. The van der Waals surface area contributed by atoms with Crippen LogP contribution >= 0.6 is 11.3 Å². The summed E-state index contributed by atoms with van der Waals surface area (Å²) < 4.78 is 0. The van der Waals surface area contributed by atoms with Gasteiger partial charge < -0.3 is 10.6 Å². The molecule has 2 rings (SSSR count). The molecule has 0 saturated carbocycles. The first-order valence-corrected chi connectivity index (χ1v) is 7.37. The molecule has 5 nitrogen and oxygen atoms in total. The maximum absolute atomic E-state index is 4.53. The molecule has 0 unspecified atom stereocenters. The summed E-state index contributed by atoms with van der Waals surface area (Å²) in [7, 11) is 0. The molecule has 2 aromatic heterocycles. The van der Waals surface area contributed by atoms with Crippen LogP contribution in [0.25, 0.3) is 0 Å². The van der Waals surface area contributed by atoms with E-state index < -0.39 is 0 Å². The summed E-state index contributed by atoms with van der Waals surface area (Å²) in [5, 5.41) is 8.56. The van der Waals surface area contributed by atoms with Crippen molar-refractivity contribution >= 4 is 23.0 Å². The third-order valence-corrected chi connectivity index (χ3v) is 3.19. The average molecular weight is 277 g/mol. The summed E-state index contributed by atoms with van der Waals surface area (Å²) in [6.45, 7) is 7.77. The number of thiazole rings is 1. The Bertz CT molecular complexity index is 510. The van der Waals surface area contributed by atoms with Gasteiger partial charge in [0, 0.05) is 23.9 Å². The number of nitrogens with zero attached hydrogens (tertiary/aromatic N) is 3. The molecule has 0 bridgehead atoms. The monoisotopic (exact) mass is 277 g/mol. The Kier molecular flexibility index (Phi) is 4.68. The van der Waals surface area contributed by atoms with E-state index in [1.54, 1.807) is 11.3 Å². The van der Waals surface area contributed by atoms with E-state index in [1.165, 1.54) is 0 Å². The van der Waals surface area contributed by atoms with Crippen molar-refractivity contribution < 1.29 is 0 Å². The van der Waals surface area contributed by atoms with Gasteiger partial charge in [-0.25, -0.2) is 15.0 Å². The Hall–Kier alpha value is -1.69. The lowest BCUT2D eigenvalue weighted by molar-refractivity contribution is 0.774. The number of anilines is 2. The molecule has 0 aliphatic heterocycles. The van der Waals surface area contributed by atoms with Crippen LogP contribution in [0.15, 0.2) is 17.0 Å². The SMILES string of the molecule is CCNc1cc(NCc2cscn2)nc(C(C)C)n1. The summed E-state index contributed by atoms with van der Waals surface area (Å²) >= 11 is 1.60. The largest absolute Gasteiger partial charge is 0.370 e. The molecule has 6 heteroatoms.